The second-order valence-electron chi connectivity index (χ2n) is 8.78. The first-order valence-electron chi connectivity index (χ1n) is 11.2. The molecular formula is C22H29N7O2. The summed E-state index contributed by atoms with van der Waals surface area (Å²) in [4.78, 5) is 31.6. The van der Waals surface area contributed by atoms with Gasteiger partial charge in [0.05, 0.1) is 6.20 Å². The van der Waals surface area contributed by atoms with Crippen LogP contribution in [0.5, 0.6) is 0 Å². The number of imidazole rings is 1. The number of aromatic amines is 1. The van der Waals surface area contributed by atoms with Gasteiger partial charge < -0.3 is 9.72 Å². The fraction of sp³-hybridized carbons (Fsp3) is 0.591. The molecule has 5 heterocycles. The number of aryl methyl sites for hydroxylation is 1. The molecule has 2 atom stereocenters. The number of aromatic nitrogens is 6. The number of nitrogens with one attached hydrogen (secondary N) is 1. The number of hydrogen-bond acceptors (Lipinski definition) is 7. The fourth-order valence-electron chi connectivity index (χ4n) is 4.79. The van der Waals surface area contributed by atoms with Crippen molar-refractivity contribution in [1.82, 2.24) is 34.4 Å². The second kappa shape index (κ2) is 8.47. The molecule has 0 spiro atoms. The number of ether oxygens (including phenoxy) is 1. The van der Waals surface area contributed by atoms with Gasteiger partial charge in [0.25, 0.3) is 5.56 Å². The molecule has 164 valence electrons. The molecule has 2 saturated heterocycles. The van der Waals surface area contributed by atoms with Crippen LogP contribution in [0.3, 0.4) is 0 Å². The molecule has 5 rings (SSSR count). The van der Waals surface area contributed by atoms with Crippen LogP contribution in [-0.2, 0) is 17.7 Å². The monoisotopic (exact) mass is 423 g/mol. The van der Waals surface area contributed by atoms with E-state index in [-0.39, 0.29) is 17.4 Å². The number of fused-ring (bicyclic) bond motifs is 1. The normalized spacial score (nSPS) is 23.0. The SMILES string of the molecule is CCc1ncc(CN2CC(C)C(c3nn4c(C5CCOCC5)ncc4c(=O)[nH]3)C2)cn1. The van der Waals surface area contributed by atoms with Crippen molar-refractivity contribution in [3.05, 3.63) is 52.0 Å². The molecule has 3 aromatic rings. The summed E-state index contributed by atoms with van der Waals surface area (Å²) >= 11 is 0. The molecule has 0 radical (unpaired) electrons. The average molecular weight is 424 g/mol. The zero-order valence-electron chi connectivity index (χ0n) is 18.1. The first kappa shape index (κ1) is 20.3. The van der Waals surface area contributed by atoms with Crippen LogP contribution in [0.2, 0.25) is 0 Å². The van der Waals surface area contributed by atoms with E-state index in [0.717, 1.165) is 75.1 Å². The fourth-order valence-corrected chi connectivity index (χ4v) is 4.79. The van der Waals surface area contributed by atoms with Crippen LogP contribution in [0.1, 0.15) is 61.6 Å². The first-order chi connectivity index (χ1) is 15.1. The molecule has 2 unspecified atom stereocenters. The van der Waals surface area contributed by atoms with Gasteiger partial charge in [-0.2, -0.15) is 5.10 Å². The van der Waals surface area contributed by atoms with Crippen LogP contribution in [0.4, 0.5) is 0 Å². The Kier molecular flexibility index (Phi) is 5.54. The Morgan fingerprint density at radius 2 is 1.90 bits per heavy atom. The Labute approximate surface area is 180 Å². The summed E-state index contributed by atoms with van der Waals surface area (Å²) < 4.78 is 7.26. The van der Waals surface area contributed by atoms with E-state index in [9.17, 15) is 4.79 Å². The third-order valence-electron chi connectivity index (χ3n) is 6.55. The Bertz CT molecular complexity index is 1100. The van der Waals surface area contributed by atoms with Crippen molar-refractivity contribution in [2.24, 2.45) is 5.92 Å². The molecule has 0 amide bonds. The summed E-state index contributed by atoms with van der Waals surface area (Å²) in [6, 6.07) is 0. The second-order valence-corrected chi connectivity index (χ2v) is 8.78. The molecule has 0 aromatic carbocycles. The number of rotatable bonds is 5. The van der Waals surface area contributed by atoms with E-state index < -0.39 is 0 Å². The number of likely N-dealkylation sites (tertiary alicyclic amines) is 1. The van der Waals surface area contributed by atoms with Crippen LogP contribution >= 0.6 is 0 Å². The zero-order chi connectivity index (χ0) is 21.4. The molecule has 2 aliphatic rings. The predicted molar refractivity (Wildman–Crippen MR) is 115 cm³/mol. The van der Waals surface area contributed by atoms with Crippen LogP contribution < -0.4 is 5.56 Å². The van der Waals surface area contributed by atoms with E-state index in [0.29, 0.717) is 11.4 Å². The standard InChI is InChI=1S/C22H29N7O2/c1-3-19-23-8-15(9-24-19)12-28-11-14(2)17(13-28)20-26-22(30)18-10-25-21(29(18)27-20)16-4-6-31-7-5-16/h8-10,14,16-17H,3-7,11-13H2,1-2H3,(H,26,27,30). The van der Waals surface area contributed by atoms with E-state index in [1.807, 2.05) is 12.4 Å². The summed E-state index contributed by atoms with van der Waals surface area (Å²) in [6.45, 7) is 8.32. The quantitative estimate of drug-likeness (QED) is 0.669. The molecule has 9 heteroatoms. The minimum atomic E-state index is -0.120. The molecule has 9 nitrogen and oxygen atoms in total. The average Bonchev–Trinajstić information content (AvgIpc) is 3.38. The largest absolute Gasteiger partial charge is 0.381 e. The van der Waals surface area contributed by atoms with Crippen molar-refractivity contribution in [2.45, 2.75) is 51.5 Å². The maximum absolute atomic E-state index is 12.8. The van der Waals surface area contributed by atoms with Crippen LogP contribution in [0.15, 0.2) is 23.4 Å². The summed E-state index contributed by atoms with van der Waals surface area (Å²) in [5.74, 6) is 3.32. The predicted octanol–water partition coefficient (Wildman–Crippen LogP) is 1.90. The molecule has 2 fully saturated rings. The van der Waals surface area contributed by atoms with Gasteiger partial charge in [-0.3, -0.25) is 9.69 Å². The Balaban J connectivity index is 1.38. The third kappa shape index (κ3) is 3.99. The maximum atomic E-state index is 12.8. The van der Waals surface area contributed by atoms with Crippen molar-refractivity contribution < 1.29 is 4.74 Å². The first-order valence-corrected chi connectivity index (χ1v) is 11.2. The molecule has 0 aliphatic carbocycles. The topological polar surface area (TPSA) is 101 Å². The highest BCUT2D eigenvalue weighted by Crippen LogP contribution is 2.31. The summed E-state index contributed by atoms with van der Waals surface area (Å²) in [5.41, 5.74) is 1.50. The molecule has 1 N–H and O–H groups in total. The molecule has 3 aromatic heterocycles. The highest BCUT2D eigenvalue weighted by Gasteiger charge is 2.33. The van der Waals surface area contributed by atoms with Gasteiger partial charge in [-0.05, 0) is 18.8 Å². The maximum Gasteiger partial charge on any atom is 0.276 e. The van der Waals surface area contributed by atoms with Crippen molar-refractivity contribution in [2.75, 3.05) is 26.3 Å². The van der Waals surface area contributed by atoms with Gasteiger partial charge in [0.2, 0.25) is 0 Å². The summed E-state index contributed by atoms with van der Waals surface area (Å²) in [5, 5.41) is 4.87. The lowest BCUT2D eigenvalue weighted by molar-refractivity contribution is 0.0832. The third-order valence-corrected chi connectivity index (χ3v) is 6.55. The van der Waals surface area contributed by atoms with Crippen LogP contribution in [0.25, 0.3) is 5.52 Å². The Morgan fingerprint density at radius 3 is 2.65 bits per heavy atom. The lowest BCUT2D eigenvalue weighted by Crippen LogP contribution is -2.24. The smallest absolute Gasteiger partial charge is 0.276 e. The lowest BCUT2D eigenvalue weighted by Gasteiger charge is -2.21. The molecule has 31 heavy (non-hydrogen) atoms. The van der Waals surface area contributed by atoms with E-state index in [4.69, 9.17) is 9.84 Å². The van der Waals surface area contributed by atoms with Crippen LogP contribution in [0, 0.1) is 5.92 Å². The zero-order valence-corrected chi connectivity index (χ0v) is 18.1. The van der Waals surface area contributed by atoms with Gasteiger partial charge in [0.1, 0.15) is 17.5 Å². The van der Waals surface area contributed by atoms with Crippen molar-refractivity contribution in [3.8, 4) is 0 Å². The van der Waals surface area contributed by atoms with Gasteiger partial charge in [-0.1, -0.05) is 13.8 Å². The van der Waals surface area contributed by atoms with Gasteiger partial charge in [0.15, 0.2) is 5.52 Å². The van der Waals surface area contributed by atoms with Gasteiger partial charge in [-0.15, -0.1) is 0 Å². The highest BCUT2D eigenvalue weighted by atomic mass is 16.5. The van der Waals surface area contributed by atoms with Gasteiger partial charge in [-0.25, -0.2) is 19.5 Å². The van der Waals surface area contributed by atoms with E-state index >= 15 is 0 Å². The minimum Gasteiger partial charge on any atom is -0.381 e. The van der Waals surface area contributed by atoms with E-state index in [1.165, 1.54) is 0 Å². The summed E-state index contributed by atoms with van der Waals surface area (Å²) in [6.07, 6.45) is 8.15. The summed E-state index contributed by atoms with van der Waals surface area (Å²) in [7, 11) is 0. The Hall–Kier alpha value is -2.65. The Morgan fingerprint density at radius 1 is 1.13 bits per heavy atom. The highest BCUT2D eigenvalue weighted by molar-refractivity contribution is 5.42. The molecule has 2 aliphatic heterocycles. The van der Waals surface area contributed by atoms with Crippen molar-refractivity contribution in [3.63, 3.8) is 0 Å². The van der Waals surface area contributed by atoms with Crippen molar-refractivity contribution >= 4 is 5.52 Å². The minimum absolute atomic E-state index is 0.120. The number of hydrogen-bond donors (Lipinski definition) is 1. The van der Waals surface area contributed by atoms with Crippen LogP contribution in [-0.4, -0.2) is 60.8 Å². The number of H-pyrrole nitrogens is 1. The van der Waals surface area contributed by atoms with Gasteiger partial charge >= 0.3 is 0 Å². The number of nitrogens with zero attached hydrogens (tertiary/aromatic N) is 6. The lowest BCUT2D eigenvalue weighted by atomic mass is 9.97. The molecular weight excluding hydrogens is 394 g/mol. The molecule has 0 saturated carbocycles. The van der Waals surface area contributed by atoms with E-state index in [1.54, 1.807) is 10.7 Å². The van der Waals surface area contributed by atoms with Crippen molar-refractivity contribution in [1.29, 1.82) is 0 Å². The van der Waals surface area contributed by atoms with Gasteiger partial charge in [0, 0.05) is 69.1 Å². The molecule has 0 bridgehead atoms. The van der Waals surface area contributed by atoms with E-state index in [2.05, 4.69) is 38.7 Å².